The normalized spacial score (nSPS) is 12.1. The second kappa shape index (κ2) is 8.57. The van der Waals surface area contributed by atoms with Gasteiger partial charge in [-0.05, 0) is 23.8 Å². The first kappa shape index (κ1) is 17.3. The molecule has 1 aromatic carbocycles. The molecule has 0 fully saturated rings. The van der Waals surface area contributed by atoms with Gasteiger partial charge in [0.25, 0.3) is 0 Å². The van der Waals surface area contributed by atoms with Crippen LogP contribution in [0.25, 0.3) is 6.08 Å². The summed E-state index contributed by atoms with van der Waals surface area (Å²) in [6.07, 6.45) is 3.24. The summed E-state index contributed by atoms with van der Waals surface area (Å²) in [5.41, 5.74) is 1.53. The molecule has 0 radical (unpaired) electrons. The van der Waals surface area contributed by atoms with Crippen molar-refractivity contribution < 1.29 is 13.2 Å². The van der Waals surface area contributed by atoms with Crippen molar-refractivity contribution in [3.05, 3.63) is 71.4 Å². The highest BCUT2D eigenvalue weighted by Crippen LogP contribution is 2.11. The summed E-state index contributed by atoms with van der Waals surface area (Å²) in [7, 11) is -2.01. The molecule has 0 aliphatic heterocycles. The number of hydrogen-bond donors (Lipinski definition) is 0. The molecule has 0 amide bonds. The highest BCUT2D eigenvalue weighted by atomic mass is 32.2. The first-order valence-electron chi connectivity index (χ1n) is 7.24. The summed E-state index contributed by atoms with van der Waals surface area (Å²) in [6.45, 7) is 0.811. The summed E-state index contributed by atoms with van der Waals surface area (Å²) >= 11 is 0. The molecule has 1 heterocycles. The minimum absolute atomic E-state index is 0.214. The van der Waals surface area contributed by atoms with E-state index in [2.05, 4.69) is 4.98 Å². The molecule has 122 valence electrons. The van der Waals surface area contributed by atoms with E-state index in [0.717, 1.165) is 5.56 Å². The largest absolute Gasteiger partial charge is 0.383 e. The average Bonchev–Trinajstić information content (AvgIpc) is 2.58. The Labute approximate surface area is 137 Å². The number of aromatic nitrogens is 1. The zero-order valence-corrected chi connectivity index (χ0v) is 13.8. The Morgan fingerprint density at radius 3 is 2.52 bits per heavy atom. The quantitative estimate of drug-likeness (QED) is 0.745. The zero-order chi connectivity index (χ0) is 16.5. The molecule has 0 bridgehead atoms. The number of pyridine rings is 1. The van der Waals surface area contributed by atoms with Crippen LogP contribution in [0.3, 0.4) is 0 Å². The number of sulfonamides is 1. The number of benzene rings is 1. The Kier molecular flexibility index (Phi) is 6.46. The molecule has 0 N–H and O–H groups in total. The van der Waals surface area contributed by atoms with Crippen LogP contribution in [-0.2, 0) is 21.3 Å². The molecule has 0 aliphatic rings. The maximum atomic E-state index is 12.6. The average molecular weight is 332 g/mol. The van der Waals surface area contributed by atoms with Gasteiger partial charge in [0.15, 0.2) is 0 Å². The van der Waals surface area contributed by atoms with Gasteiger partial charge in [0, 0.05) is 25.3 Å². The van der Waals surface area contributed by atoms with E-state index in [1.807, 2.05) is 36.4 Å². The molecule has 6 heteroatoms. The number of hydrogen-bond acceptors (Lipinski definition) is 4. The lowest BCUT2D eigenvalue weighted by atomic mass is 10.2. The number of rotatable bonds is 8. The van der Waals surface area contributed by atoms with Crippen molar-refractivity contribution in [3.63, 3.8) is 0 Å². The van der Waals surface area contributed by atoms with Crippen molar-refractivity contribution in [3.8, 4) is 0 Å². The predicted molar refractivity (Wildman–Crippen MR) is 90.9 cm³/mol. The minimum atomic E-state index is -3.56. The van der Waals surface area contributed by atoms with Crippen LogP contribution in [0.15, 0.2) is 60.1 Å². The van der Waals surface area contributed by atoms with Gasteiger partial charge in [-0.1, -0.05) is 36.4 Å². The van der Waals surface area contributed by atoms with Crippen LogP contribution in [0.2, 0.25) is 0 Å². The van der Waals surface area contributed by atoms with Crippen molar-refractivity contribution >= 4 is 16.1 Å². The van der Waals surface area contributed by atoms with Crippen LogP contribution < -0.4 is 0 Å². The maximum Gasteiger partial charge on any atom is 0.236 e. The SMILES string of the molecule is COCCN(Cc1ccccn1)S(=O)(=O)/C=C/c1ccccc1. The third kappa shape index (κ3) is 5.59. The van der Waals surface area contributed by atoms with Crippen molar-refractivity contribution in [1.29, 1.82) is 0 Å². The van der Waals surface area contributed by atoms with Gasteiger partial charge in [-0.2, -0.15) is 4.31 Å². The highest BCUT2D eigenvalue weighted by molar-refractivity contribution is 7.92. The Bertz CT molecular complexity index is 716. The first-order valence-corrected chi connectivity index (χ1v) is 8.74. The van der Waals surface area contributed by atoms with Gasteiger partial charge < -0.3 is 4.74 Å². The van der Waals surface area contributed by atoms with Crippen LogP contribution in [0.4, 0.5) is 0 Å². The Morgan fingerprint density at radius 2 is 1.87 bits per heavy atom. The third-order valence-electron chi connectivity index (χ3n) is 3.20. The molecule has 2 rings (SSSR count). The molecule has 23 heavy (non-hydrogen) atoms. The Balaban J connectivity index is 2.17. The first-order chi connectivity index (χ1) is 11.1. The molecule has 0 aliphatic carbocycles. The monoisotopic (exact) mass is 332 g/mol. The second-order valence-electron chi connectivity index (χ2n) is 4.91. The maximum absolute atomic E-state index is 12.6. The van der Waals surface area contributed by atoms with Gasteiger partial charge in [-0.15, -0.1) is 0 Å². The zero-order valence-electron chi connectivity index (χ0n) is 13.0. The van der Waals surface area contributed by atoms with E-state index in [0.29, 0.717) is 12.3 Å². The van der Waals surface area contributed by atoms with Crippen LogP contribution in [0.1, 0.15) is 11.3 Å². The number of methoxy groups -OCH3 is 1. The van der Waals surface area contributed by atoms with Gasteiger partial charge in [0.1, 0.15) is 0 Å². The third-order valence-corrected chi connectivity index (χ3v) is 4.71. The summed E-state index contributed by atoms with van der Waals surface area (Å²) in [5.74, 6) is 0. The molecule has 0 saturated carbocycles. The summed E-state index contributed by atoms with van der Waals surface area (Å²) < 4.78 is 31.5. The summed E-state index contributed by atoms with van der Waals surface area (Å²) in [5, 5.41) is 1.22. The fourth-order valence-electron chi connectivity index (χ4n) is 1.98. The molecule has 2 aromatic rings. The van der Waals surface area contributed by atoms with Crippen LogP contribution >= 0.6 is 0 Å². The van der Waals surface area contributed by atoms with E-state index in [9.17, 15) is 8.42 Å². The van der Waals surface area contributed by atoms with Crippen molar-refractivity contribution in [2.45, 2.75) is 6.54 Å². The molecule has 0 unspecified atom stereocenters. The van der Waals surface area contributed by atoms with Crippen molar-refractivity contribution in [2.24, 2.45) is 0 Å². The predicted octanol–water partition coefficient (Wildman–Crippen LogP) is 2.53. The van der Waals surface area contributed by atoms with Crippen LogP contribution in [-0.4, -0.2) is 38.0 Å². The molecule has 0 saturated heterocycles. The second-order valence-corrected chi connectivity index (χ2v) is 6.72. The Hall–Kier alpha value is -2.02. The smallest absolute Gasteiger partial charge is 0.236 e. The molecule has 0 atom stereocenters. The van der Waals surface area contributed by atoms with E-state index in [4.69, 9.17) is 4.74 Å². The van der Waals surface area contributed by atoms with Crippen molar-refractivity contribution in [2.75, 3.05) is 20.3 Å². The van der Waals surface area contributed by atoms with Gasteiger partial charge in [0.05, 0.1) is 18.8 Å². The molecule has 0 spiro atoms. The van der Waals surface area contributed by atoms with E-state index in [1.54, 1.807) is 31.5 Å². The lowest BCUT2D eigenvalue weighted by Gasteiger charge is -2.19. The van der Waals surface area contributed by atoms with Gasteiger partial charge in [-0.25, -0.2) is 8.42 Å². The topological polar surface area (TPSA) is 59.5 Å². The van der Waals surface area contributed by atoms with Gasteiger partial charge >= 0.3 is 0 Å². The fourth-order valence-corrected chi connectivity index (χ4v) is 3.12. The van der Waals surface area contributed by atoms with Crippen LogP contribution in [0, 0.1) is 0 Å². The van der Waals surface area contributed by atoms with E-state index < -0.39 is 10.0 Å². The van der Waals surface area contributed by atoms with E-state index >= 15 is 0 Å². The Morgan fingerprint density at radius 1 is 1.13 bits per heavy atom. The number of ether oxygens (including phenoxy) is 1. The molecular formula is C17H20N2O3S. The molecular weight excluding hydrogens is 312 g/mol. The summed E-state index contributed by atoms with van der Waals surface area (Å²) in [6, 6.07) is 14.8. The van der Waals surface area contributed by atoms with E-state index in [1.165, 1.54) is 9.71 Å². The van der Waals surface area contributed by atoms with Crippen molar-refractivity contribution in [1.82, 2.24) is 9.29 Å². The summed E-state index contributed by atoms with van der Waals surface area (Å²) in [4.78, 5) is 4.19. The van der Waals surface area contributed by atoms with Crippen LogP contribution in [0.5, 0.6) is 0 Å². The van der Waals surface area contributed by atoms with E-state index in [-0.39, 0.29) is 13.1 Å². The highest BCUT2D eigenvalue weighted by Gasteiger charge is 2.19. The lowest BCUT2D eigenvalue weighted by molar-refractivity contribution is 0.177. The molecule has 1 aromatic heterocycles. The lowest BCUT2D eigenvalue weighted by Crippen LogP contribution is -2.32. The standard InChI is InChI=1S/C17H20N2O3S/c1-22-13-12-19(15-17-9-5-6-11-18-17)23(20,21)14-10-16-7-3-2-4-8-16/h2-11,14H,12-13,15H2,1H3/b14-10+. The molecule has 5 nitrogen and oxygen atoms in total. The van der Waals surface area contributed by atoms with Gasteiger partial charge in [-0.3, -0.25) is 4.98 Å². The number of nitrogens with zero attached hydrogens (tertiary/aromatic N) is 2. The minimum Gasteiger partial charge on any atom is -0.383 e. The fraction of sp³-hybridized carbons (Fsp3) is 0.235. The van der Waals surface area contributed by atoms with Gasteiger partial charge in [0.2, 0.25) is 10.0 Å².